The molecule has 7 heteroatoms. The quantitative estimate of drug-likeness (QED) is 0.791. The van der Waals surface area contributed by atoms with Crippen LogP contribution in [0.3, 0.4) is 0 Å². The average molecular weight is 425 g/mol. The molecule has 0 bridgehead atoms. The van der Waals surface area contributed by atoms with Crippen molar-refractivity contribution in [3.05, 3.63) is 58.1 Å². The Balaban J connectivity index is 2.36. The van der Waals surface area contributed by atoms with Crippen molar-refractivity contribution < 1.29 is 13.2 Å². The largest absolute Gasteiger partial charge is 0.324 e. The van der Waals surface area contributed by atoms with Gasteiger partial charge in [0, 0.05) is 10.2 Å². The predicted octanol–water partition coefficient (Wildman–Crippen LogP) is 3.86. The molecular formula is C18H21BrN2O3S. The van der Waals surface area contributed by atoms with Crippen molar-refractivity contribution in [3.63, 3.8) is 0 Å². The van der Waals surface area contributed by atoms with Crippen LogP contribution >= 0.6 is 15.9 Å². The van der Waals surface area contributed by atoms with E-state index in [4.69, 9.17) is 0 Å². The van der Waals surface area contributed by atoms with Gasteiger partial charge in [0.1, 0.15) is 6.04 Å². The van der Waals surface area contributed by atoms with Gasteiger partial charge >= 0.3 is 0 Å². The Kier molecular flexibility index (Phi) is 5.90. The molecule has 1 N–H and O–H groups in total. The van der Waals surface area contributed by atoms with Crippen molar-refractivity contribution in [2.45, 2.75) is 26.8 Å². The van der Waals surface area contributed by atoms with Crippen molar-refractivity contribution in [3.8, 4) is 0 Å². The fourth-order valence-corrected chi connectivity index (χ4v) is 4.26. The summed E-state index contributed by atoms with van der Waals surface area (Å²) in [5, 5.41) is 2.76. The number of nitrogens with zero attached hydrogens (tertiary/aromatic N) is 1. The van der Waals surface area contributed by atoms with E-state index in [1.54, 1.807) is 37.3 Å². The number of benzene rings is 2. The Bertz CT molecular complexity index is 877. The molecule has 5 nitrogen and oxygen atoms in total. The lowest BCUT2D eigenvalue weighted by Gasteiger charge is -2.28. The molecule has 25 heavy (non-hydrogen) atoms. The van der Waals surface area contributed by atoms with Gasteiger partial charge in [0.15, 0.2) is 0 Å². The van der Waals surface area contributed by atoms with Crippen molar-refractivity contribution in [1.82, 2.24) is 0 Å². The van der Waals surface area contributed by atoms with Crippen LogP contribution in [0.4, 0.5) is 11.4 Å². The summed E-state index contributed by atoms with van der Waals surface area (Å²) in [7, 11) is -3.63. The van der Waals surface area contributed by atoms with E-state index in [1.807, 2.05) is 26.0 Å². The third-order valence-corrected chi connectivity index (χ3v) is 5.38. The number of sulfonamides is 1. The maximum Gasteiger partial charge on any atom is 0.247 e. The molecule has 0 heterocycles. The second-order valence-electron chi connectivity index (χ2n) is 6.08. The zero-order valence-electron chi connectivity index (χ0n) is 14.6. The van der Waals surface area contributed by atoms with E-state index in [1.165, 1.54) is 0 Å². The van der Waals surface area contributed by atoms with Gasteiger partial charge in [0.25, 0.3) is 0 Å². The monoisotopic (exact) mass is 424 g/mol. The van der Waals surface area contributed by atoms with Gasteiger partial charge in [-0.15, -0.1) is 0 Å². The van der Waals surface area contributed by atoms with Gasteiger partial charge in [0.05, 0.1) is 11.9 Å². The average Bonchev–Trinajstić information content (AvgIpc) is 2.44. The SMILES string of the molecule is Cc1cc(C)cc(N([C@H](C)C(=O)Nc2cccc(Br)c2)S(C)(=O)=O)c1. The van der Waals surface area contributed by atoms with E-state index in [0.717, 1.165) is 26.2 Å². The molecule has 0 radical (unpaired) electrons. The molecule has 1 amide bonds. The number of rotatable bonds is 5. The van der Waals surface area contributed by atoms with Crippen LogP contribution in [0.5, 0.6) is 0 Å². The van der Waals surface area contributed by atoms with Gasteiger partial charge in [0.2, 0.25) is 15.9 Å². The van der Waals surface area contributed by atoms with Crippen LogP contribution < -0.4 is 9.62 Å². The van der Waals surface area contributed by atoms with Gasteiger partial charge in [-0.2, -0.15) is 0 Å². The molecule has 0 aliphatic rings. The fraction of sp³-hybridized carbons (Fsp3) is 0.278. The van der Waals surface area contributed by atoms with E-state index in [9.17, 15) is 13.2 Å². The molecule has 0 saturated carbocycles. The smallest absolute Gasteiger partial charge is 0.247 e. The Labute approximate surface area is 157 Å². The van der Waals surface area contributed by atoms with Crippen molar-refractivity contribution in [2.75, 3.05) is 15.9 Å². The molecular weight excluding hydrogens is 404 g/mol. The summed E-state index contributed by atoms with van der Waals surface area (Å²) in [6.07, 6.45) is 1.10. The molecule has 1 atom stereocenters. The second-order valence-corrected chi connectivity index (χ2v) is 8.86. The molecule has 2 aromatic carbocycles. The minimum Gasteiger partial charge on any atom is -0.324 e. The van der Waals surface area contributed by atoms with E-state index in [2.05, 4.69) is 21.2 Å². The lowest BCUT2D eigenvalue weighted by molar-refractivity contribution is -0.116. The normalized spacial score (nSPS) is 12.5. The van der Waals surface area contributed by atoms with Gasteiger partial charge in [-0.1, -0.05) is 28.1 Å². The first-order valence-electron chi connectivity index (χ1n) is 7.72. The molecule has 0 aliphatic heterocycles. The van der Waals surface area contributed by atoms with Crippen LogP contribution in [0.15, 0.2) is 46.9 Å². The number of hydrogen-bond donors (Lipinski definition) is 1. The Morgan fingerprint density at radius 1 is 1.12 bits per heavy atom. The van der Waals surface area contributed by atoms with Crippen molar-refractivity contribution >= 4 is 43.2 Å². The van der Waals surface area contributed by atoms with E-state index in [0.29, 0.717) is 11.4 Å². The van der Waals surface area contributed by atoms with Crippen LogP contribution in [0.2, 0.25) is 0 Å². The molecule has 0 spiro atoms. The van der Waals surface area contributed by atoms with Gasteiger partial charge < -0.3 is 5.32 Å². The standard InChI is InChI=1S/C18H21BrN2O3S/c1-12-8-13(2)10-17(9-12)21(25(4,23)24)14(3)18(22)20-16-7-5-6-15(19)11-16/h5-11,14H,1-4H3,(H,20,22)/t14-/m1/s1. The fourth-order valence-electron chi connectivity index (χ4n) is 2.70. The molecule has 0 aromatic heterocycles. The summed E-state index contributed by atoms with van der Waals surface area (Å²) in [6, 6.07) is 11.7. The van der Waals surface area contributed by atoms with Crippen LogP contribution in [0, 0.1) is 13.8 Å². The third kappa shape index (κ3) is 5.06. The lowest BCUT2D eigenvalue weighted by Crippen LogP contribution is -2.45. The Hall–Kier alpha value is -1.86. The number of amides is 1. The molecule has 0 saturated heterocycles. The number of aryl methyl sites for hydroxylation is 2. The third-order valence-electron chi connectivity index (χ3n) is 3.64. The molecule has 0 aliphatic carbocycles. The van der Waals surface area contributed by atoms with Crippen LogP contribution in [0.25, 0.3) is 0 Å². The number of carbonyl (C=O) groups excluding carboxylic acids is 1. The molecule has 2 aromatic rings. The molecule has 2 rings (SSSR count). The number of halogens is 1. The van der Waals surface area contributed by atoms with Crippen molar-refractivity contribution in [2.24, 2.45) is 0 Å². The Morgan fingerprint density at radius 3 is 2.24 bits per heavy atom. The highest BCUT2D eigenvalue weighted by atomic mass is 79.9. The first-order chi connectivity index (χ1) is 11.6. The minimum absolute atomic E-state index is 0.400. The zero-order chi connectivity index (χ0) is 18.8. The summed E-state index contributed by atoms with van der Waals surface area (Å²) in [4.78, 5) is 12.6. The maximum atomic E-state index is 12.6. The first kappa shape index (κ1) is 19.5. The molecule has 134 valence electrons. The number of carbonyl (C=O) groups is 1. The summed E-state index contributed by atoms with van der Waals surface area (Å²) >= 11 is 3.34. The summed E-state index contributed by atoms with van der Waals surface area (Å²) in [5.41, 5.74) is 2.95. The maximum absolute atomic E-state index is 12.6. The minimum atomic E-state index is -3.63. The summed E-state index contributed by atoms with van der Waals surface area (Å²) in [6.45, 7) is 5.36. The van der Waals surface area contributed by atoms with Crippen LogP contribution in [-0.2, 0) is 14.8 Å². The van der Waals surface area contributed by atoms with Gasteiger partial charge in [-0.05, 0) is 62.2 Å². The highest BCUT2D eigenvalue weighted by Crippen LogP contribution is 2.24. The van der Waals surface area contributed by atoms with Crippen molar-refractivity contribution in [1.29, 1.82) is 0 Å². The van der Waals surface area contributed by atoms with E-state index in [-0.39, 0.29) is 0 Å². The van der Waals surface area contributed by atoms with Crippen LogP contribution in [0.1, 0.15) is 18.1 Å². The second kappa shape index (κ2) is 7.58. The summed E-state index contributed by atoms with van der Waals surface area (Å²) in [5.74, 6) is -0.400. The molecule has 0 unspecified atom stereocenters. The summed E-state index contributed by atoms with van der Waals surface area (Å²) < 4.78 is 26.7. The highest BCUT2D eigenvalue weighted by molar-refractivity contribution is 9.10. The van der Waals surface area contributed by atoms with E-state index < -0.39 is 22.0 Å². The highest BCUT2D eigenvalue weighted by Gasteiger charge is 2.29. The predicted molar refractivity (Wildman–Crippen MR) is 105 cm³/mol. The lowest BCUT2D eigenvalue weighted by atomic mass is 10.1. The number of nitrogens with one attached hydrogen (secondary N) is 1. The van der Waals surface area contributed by atoms with Crippen LogP contribution in [-0.4, -0.2) is 26.6 Å². The number of hydrogen-bond acceptors (Lipinski definition) is 3. The zero-order valence-corrected chi connectivity index (χ0v) is 17.0. The first-order valence-corrected chi connectivity index (χ1v) is 10.4. The number of anilines is 2. The van der Waals surface area contributed by atoms with E-state index >= 15 is 0 Å². The topological polar surface area (TPSA) is 66.5 Å². The Morgan fingerprint density at radius 2 is 1.72 bits per heavy atom. The van der Waals surface area contributed by atoms with Gasteiger partial charge in [-0.3, -0.25) is 9.10 Å². The molecule has 0 fully saturated rings. The van der Waals surface area contributed by atoms with Gasteiger partial charge in [-0.25, -0.2) is 8.42 Å².